The van der Waals surface area contributed by atoms with Crippen molar-refractivity contribution in [1.82, 2.24) is 0 Å². The van der Waals surface area contributed by atoms with Crippen molar-refractivity contribution in [3.8, 4) is 0 Å². The third kappa shape index (κ3) is 3.24. The number of nitrogens with one attached hydrogen (secondary N) is 1. The monoisotopic (exact) mass is 299 g/mol. The molecular weight excluding hydrogens is 289 g/mol. The van der Waals surface area contributed by atoms with E-state index in [2.05, 4.69) is 4.72 Å². The Morgan fingerprint density at radius 1 is 1.16 bits per heavy atom. The first-order valence-electron chi connectivity index (χ1n) is 5.43. The maximum absolute atomic E-state index is 13.1. The Balaban J connectivity index is 2.39. The number of halogens is 2. The Kier molecular flexibility index (Phi) is 3.78. The van der Waals surface area contributed by atoms with Gasteiger partial charge in [-0.15, -0.1) is 0 Å². The number of anilines is 1. The fourth-order valence-electron chi connectivity index (χ4n) is 1.54. The van der Waals surface area contributed by atoms with Gasteiger partial charge in [-0.25, -0.2) is 12.8 Å². The molecule has 2 aromatic rings. The number of aryl methyl sites for hydroxylation is 1. The van der Waals surface area contributed by atoms with Crippen LogP contribution in [0.15, 0.2) is 47.4 Å². The predicted molar refractivity (Wildman–Crippen MR) is 73.4 cm³/mol. The van der Waals surface area contributed by atoms with E-state index in [0.29, 0.717) is 10.7 Å². The van der Waals surface area contributed by atoms with Gasteiger partial charge in [0.1, 0.15) is 5.82 Å². The first-order valence-corrected chi connectivity index (χ1v) is 7.29. The first-order chi connectivity index (χ1) is 8.88. The Labute approximate surface area is 116 Å². The number of sulfonamides is 1. The summed E-state index contributed by atoms with van der Waals surface area (Å²) in [6.45, 7) is 1.75. The van der Waals surface area contributed by atoms with Crippen LogP contribution in [-0.2, 0) is 10.0 Å². The Hall–Kier alpha value is -1.59. The summed E-state index contributed by atoms with van der Waals surface area (Å²) in [6.07, 6.45) is 0. The molecule has 0 spiro atoms. The molecule has 0 heterocycles. The first kappa shape index (κ1) is 13.8. The summed E-state index contributed by atoms with van der Waals surface area (Å²) in [5.41, 5.74) is 1.10. The molecule has 0 unspecified atom stereocenters. The van der Waals surface area contributed by atoms with Crippen molar-refractivity contribution in [3.63, 3.8) is 0 Å². The minimum absolute atomic E-state index is 0.133. The van der Waals surface area contributed by atoms with E-state index < -0.39 is 15.8 Å². The highest BCUT2D eigenvalue weighted by atomic mass is 35.5. The summed E-state index contributed by atoms with van der Waals surface area (Å²) < 4.78 is 39.7. The highest BCUT2D eigenvalue weighted by Crippen LogP contribution is 2.23. The molecule has 0 amide bonds. The van der Waals surface area contributed by atoms with Gasteiger partial charge in [0.2, 0.25) is 0 Å². The van der Waals surface area contributed by atoms with Crippen molar-refractivity contribution in [1.29, 1.82) is 0 Å². The minimum atomic E-state index is -3.82. The van der Waals surface area contributed by atoms with Gasteiger partial charge in [0.15, 0.2) is 0 Å². The van der Waals surface area contributed by atoms with Crippen molar-refractivity contribution in [2.75, 3.05) is 4.72 Å². The third-order valence-electron chi connectivity index (χ3n) is 2.55. The molecule has 6 heteroatoms. The molecule has 100 valence electrons. The number of rotatable bonds is 3. The molecule has 0 bridgehead atoms. The molecule has 0 atom stereocenters. The van der Waals surface area contributed by atoms with Gasteiger partial charge in [0.25, 0.3) is 10.0 Å². The van der Waals surface area contributed by atoms with Gasteiger partial charge in [-0.2, -0.15) is 0 Å². The van der Waals surface area contributed by atoms with Crippen molar-refractivity contribution < 1.29 is 12.8 Å². The lowest BCUT2D eigenvalue weighted by Crippen LogP contribution is -2.13. The maximum Gasteiger partial charge on any atom is 0.262 e. The van der Waals surface area contributed by atoms with Gasteiger partial charge in [-0.3, -0.25) is 4.72 Å². The van der Waals surface area contributed by atoms with Gasteiger partial charge in [0.05, 0.1) is 10.6 Å². The molecule has 19 heavy (non-hydrogen) atoms. The summed E-state index contributed by atoms with van der Waals surface area (Å²) >= 11 is 5.82. The molecule has 0 saturated carbocycles. The van der Waals surface area contributed by atoms with Gasteiger partial charge < -0.3 is 0 Å². The van der Waals surface area contributed by atoms with E-state index in [-0.39, 0.29) is 4.90 Å². The second kappa shape index (κ2) is 5.19. The zero-order valence-corrected chi connectivity index (χ0v) is 11.6. The Morgan fingerprint density at radius 2 is 1.89 bits per heavy atom. The highest BCUT2D eigenvalue weighted by molar-refractivity contribution is 7.92. The summed E-state index contributed by atoms with van der Waals surface area (Å²) in [4.78, 5) is -0.133. The van der Waals surface area contributed by atoms with Crippen LogP contribution in [0.25, 0.3) is 0 Å². The lowest BCUT2D eigenvalue weighted by Gasteiger charge is -2.11. The normalized spacial score (nSPS) is 11.3. The Bertz CT molecular complexity index is 716. The van der Waals surface area contributed by atoms with Crippen LogP contribution in [0.5, 0.6) is 0 Å². The molecule has 0 aromatic heterocycles. The molecule has 3 nitrogen and oxygen atoms in total. The SMILES string of the molecule is Cc1ccc(Cl)cc1NS(=O)(=O)c1cccc(F)c1. The summed E-state index contributed by atoms with van der Waals surface area (Å²) in [5.74, 6) is -0.606. The van der Waals surface area contributed by atoms with Crippen LogP contribution in [0.1, 0.15) is 5.56 Å². The van der Waals surface area contributed by atoms with Crippen LogP contribution in [0.2, 0.25) is 5.02 Å². The van der Waals surface area contributed by atoms with E-state index in [0.717, 1.165) is 11.6 Å². The smallest absolute Gasteiger partial charge is 0.262 e. The van der Waals surface area contributed by atoms with Crippen molar-refractivity contribution in [2.24, 2.45) is 0 Å². The fraction of sp³-hybridized carbons (Fsp3) is 0.0769. The standard InChI is InChI=1S/C13H11ClFNO2S/c1-9-5-6-10(14)7-13(9)16-19(17,18)12-4-2-3-11(15)8-12/h2-8,16H,1H3. The molecule has 2 rings (SSSR count). The minimum Gasteiger partial charge on any atom is -0.279 e. The average molecular weight is 300 g/mol. The van der Waals surface area contributed by atoms with Crippen LogP contribution in [0.3, 0.4) is 0 Å². The van der Waals surface area contributed by atoms with Gasteiger partial charge in [-0.1, -0.05) is 23.7 Å². The molecular formula is C13H11ClFNO2S. The van der Waals surface area contributed by atoms with Crippen LogP contribution in [-0.4, -0.2) is 8.42 Å². The summed E-state index contributed by atoms with van der Waals surface area (Å²) in [7, 11) is -3.82. The molecule has 0 fully saturated rings. The average Bonchev–Trinajstić information content (AvgIpc) is 2.33. The summed E-state index contributed by atoms with van der Waals surface area (Å²) in [6, 6.07) is 9.68. The molecule has 0 aliphatic heterocycles. The number of hydrogen-bond acceptors (Lipinski definition) is 2. The van der Waals surface area contributed by atoms with E-state index in [1.54, 1.807) is 19.1 Å². The highest BCUT2D eigenvalue weighted by Gasteiger charge is 2.15. The lowest BCUT2D eigenvalue weighted by atomic mass is 10.2. The third-order valence-corrected chi connectivity index (χ3v) is 4.15. The predicted octanol–water partition coefficient (Wildman–Crippen LogP) is 3.59. The molecule has 1 N–H and O–H groups in total. The van der Waals surface area contributed by atoms with Crippen LogP contribution in [0, 0.1) is 12.7 Å². The second-order valence-electron chi connectivity index (χ2n) is 4.02. The second-order valence-corrected chi connectivity index (χ2v) is 6.14. The van der Waals surface area contributed by atoms with Crippen LogP contribution < -0.4 is 4.72 Å². The van der Waals surface area contributed by atoms with E-state index >= 15 is 0 Å². The molecule has 0 aliphatic rings. The van der Waals surface area contributed by atoms with Gasteiger partial charge in [-0.05, 0) is 42.8 Å². The lowest BCUT2D eigenvalue weighted by molar-refractivity contribution is 0.595. The van der Waals surface area contributed by atoms with Gasteiger partial charge >= 0.3 is 0 Å². The topological polar surface area (TPSA) is 46.2 Å². The van der Waals surface area contributed by atoms with E-state index in [1.807, 2.05) is 0 Å². The summed E-state index contributed by atoms with van der Waals surface area (Å²) in [5, 5.41) is 0.419. The van der Waals surface area contributed by atoms with Gasteiger partial charge in [0, 0.05) is 5.02 Å². The van der Waals surface area contributed by atoms with E-state index in [1.165, 1.54) is 24.3 Å². The van der Waals surface area contributed by atoms with Crippen molar-refractivity contribution >= 4 is 27.3 Å². The quantitative estimate of drug-likeness (QED) is 0.941. The van der Waals surface area contributed by atoms with Crippen molar-refractivity contribution in [2.45, 2.75) is 11.8 Å². The fourth-order valence-corrected chi connectivity index (χ4v) is 2.87. The maximum atomic E-state index is 13.1. The van der Waals surface area contributed by atoms with Crippen LogP contribution in [0.4, 0.5) is 10.1 Å². The van der Waals surface area contributed by atoms with Crippen LogP contribution >= 0.6 is 11.6 Å². The number of benzene rings is 2. The molecule has 0 radical (unpaired) electrons. The molecule has 2 aromatic carbocycles. The zero-order valence-electron chi connectivity index (χ0n) is 10.0. The van der Waals surface area contributed by atoms with E-state index in [9.17, 15) is 12.8 Å². The van der Waals surface area contributed by atoms with E-state index in [4.69, 9.17) is 11.6 Å². The largest absolute Gasteiger partial charge is 0.279 e. The number of hydrogen-bond donors (Lipinski definition) is 1. The molecule has 0 saturated heterocycles. The zero-order chi connectivity index (χ0) is 14.0. The van der Waals surface area contributed by atoms with Crippen molar-refractivity contribution in [3.05, 3.63) is 58.9 Å². The molecule has 0 aliphatic carbocycles. The Morgan fingerprint density at radius 3 is 2.58 bits per heavy atom.